The van der Waals surface area contributed by atoms with Crippen molar-refractivity contribution in [3.63, 3.8) is 0 Å². The minimum absolute atomic E-state index is 0.0832. The largest absolute Gasteiger partial charge is 0.497 e. The molecule has 3 aromatic rings. The number of ether oxygens (including phenoxy) is 3. The zero-order valence-electron chi connectivity index (χ0n) is 22.0. The molecule has 198 valence electrons. The first-order valence-corrected chi connectivity index (χ1v) is 12.1. The number of benzene rings is 2. The minimum atomic E-state index is -0.366. The Kier molecular flexibility index (Phi) is 9.83. The summed E-state index contributed by atoms with van der Waals surface area (Å²) in [5.41, 5.74) is 1.58. The van der Waals surface area contributed by atoms with Crippen molar-refractivity contribution < 1.29 is 28.2 Å². The van der Waals surface area contributed by atoms with Gasteiger partial charge in [0, 0.05) is 24.3 Å². The van der Waals surface area contributed by atoms with Gasteiger partial charge in [-0.3, -0.25) is 4.79 Å². The Morgan fingerprint density at radius 1 is 0.946 bits per heavy atom. The van der Waals surface area contributed by atoms with Gasteiger partial charge < -0.3 is 33.7 Å². The first-order valence-electron chi connectivity index (χ1n) is 12.1. The topological polar surface area (TPSA) is 93.5 Å². The smallest absolute Gasteiger partial charge is 0.322 e. The summed E-state index contributed by atoms with van der Waals surface area (Å²) in [6.07, 6.45) is 2.17. The third-order valence-electron chi connectivity index (χ3n) is 5.91. The van der Waals surface area contributed by atoms with Crippen molar-refractivity contribution >= 4 is 17.6 Å². The second-order valence-electron chi connectivity index (χ2n) is 8.72. The summed E-state index contributed by atoms with van der Waals surface area (Å²) in [4.78, 5) is 29.8. The minimum Gasteiger partial charge on any atom is -0.497 e. The maximum Gasteiger partial charge on any atom is 0.322 e. The zero-order chi connectivity index (χ0) is 26.8. The first-order chi connectivity index (χ1) is 17.8. The number of amides is 3. The quantitative estimate of drug-likeness (QED) is 0.376. The van der Waals surface area contributed by atoms with Crippen LogP contribution in [0.4, 0.5) is 10.5 Å². The number of nitrogens with one attached hydrogen (secondary N) is 1. The van der Waals surface area contributed by atoms with Gasteiger partial charge in [0.25, 0.3) is 0 Å². The van der Waals surface area contributed by atoms with E-state index < -0.39 is 0 Å². The van der Waals surface area contributed by atoms with E-state index in [9.17, 15) is 9.59 Å². The van der Waals surface area contributed by atoms with Crippen LogP contribution in [0.1, 0.15) is 25.2 Å². The summed E-state index contributed by atoms with van der Waals surface area (Å²) in [6, 6.07) is 15.8. The maximum atomic E-state index is 13.5. The SMILES string of the molecule is COc1cccc(NC(=O)N(CC(=O)N(CCc2ccc(OC)c(OC)c2)Cc2ccco2)C(C)C)c1. The molecule has 1 aromatic heterocycles. The van der Waals surface area contributed by atoms with Gasteiger partial charge in [0.05, 0.1) is 34.1 Å². The van der Waals surface area contributed by atoms with E-state index in [1.54, 1.807) is 62.8 Å². The van der Waals surface area contributed by atoms with Crippen molar-refractivity contribution in [2.75, 3.05) is 39.7 Å². The highest BCUT2D eigenvalue weighted by Crippen LogP contribution is 2.28. The monoisotopic (exact) mass is 509 g/mol. The van der Waals surface area contributed by atoms with Crippen molar-refractivity contribution in [3.05, 3.63) is 72.2 Å². The number of hydrogen-bond acceptors (Lipinski definition) is 6. The molecule has 0 fully saturated rings. The molecule has 3 amide bonds. The van der Waals surface area contributed by atoms with E-state index in [-0.39, 0.29) is 24.5 Å². The fourth-order valence-electron chi connectivity index (χ4n) is 3.81. The number of hydrogen-bond donors (Lipinski definition) is 1. The van der Waals surface area contributed by atoms with E-state index >= 15 is 0 Å². The highest BCUT2D eigenvalue weighted by Gasteiger charge is 2.24. The molecular weight excluding hydrogens is 474 g/mol. The van der Waals surface area contributed by atoms with Crippen LogP contribution in [0.15, 0.2) is 65.3 Å². The lowest BCUT2D eigenvalue weighted by Crippen LogP contribution is -2.47. The number of furan rings is 1. The van der Waals surface area contributed by atoms with Crippen LogP contribution in [-0.4, -0.2) is 62.2 Å². The van der Waals surface area contributed by atoms with E-state index in [1.807, 2.05) is 38.1 Å². The predicted molar refractivity (Wildman–Crippen MR) is 141 cm³/mol. The molecule has 1 heterocycles. The third kappa shape index (κ3) is 7.67. The van der Waals surface area contributed by atoms with Crippen LogP contribution in [0.25, 0.3) is 0 Å². The van der Waals surface area contributed by atoms with Gasteiger partial charge in [0.2, 0.25) is 5.91 Å². The summed E-state index contributed by atoms with van der Waals surface area (Å²) in [6.45, 7) is 4.39. The van der Waals surface area contributed by atoms with Crippen molar-refractivity contribution in [1.82, 2.24) is 9.80 Å². The molecule has 1 N–H and O–H groups in total. The summed E-state index contributed by atoms with van der Waals surface area (Å²) < 4.78 is 21.5. The number of anilines is 1. The Morgan fingerprint density at radius 3 is 2.38 bits per heavy atom. The predicted octanol–water partition coefficient (Wildman–Crippen LogP) is 4.82. The van der Waals surface area contributed by atoms with Crippen LogP contribution in [0, 0.1) is 0 Å². The molecule has 0 unspecified atom stereocenters. The maximum absolute atomic E-state index is 13.5. The molecule has 0 radical (unpaired) electrons. The lowest BCUT2D eigenvalue weighted by atomic mass is 10.1. The summed E-state index contributed by atoms with van der Waals surface area (Å²) in [7, 11) is 4.74. The van der Waals surface area contributed by atoms with E-state index in [2.05, 4.69) is 5.32 Å². The Morgan fingerprint density at radius 2 is 1.73 bits per heavy atom. The average molecular weight is 510 g/mol. The second kappa shape index (κ2) is 13.2. The van der Waals surface area contributed by atoms with Crippen LogP contribution in [-0.2, 0) is 17.8 Å². The van der Waals surface area contributed by atoms with Gasteiger partial charge >= 0.3 is 6.03 Å². The number of urea groups is 1. The summed E-state index contributed by atoms with van der Waals surface area (Å²) >= 11 is 0. The first kappa shape index (κ1) is 27.4. The fraction of sp³-hybridized carbons (Fsp3) is 0.357. The highest BCUT2D eigenvalue weighted by atomic mass is 16.5. The number of rotatable bonds is 12. The average Bonchev–Trinajstić information content (AvgIpc) is 3.42. The Bertz CT molecular complexity index is 1160. The molecule has 0 aliphatic carbocycles. The van der Waals surface area contributed by atoms with Crippen LogP contribution in [0.3, 0.4) is 0 Å². The number of carbonyl (C=O) groups excluding carboxylic acids is 2. The molecule has 0 aliphatic rings. The van der Waals surface area contributed by atoms with Gasteiger partial charge in [0.1, 0.15) is 18.1 Å². The number of carbonyl (C=O) groups is 2. The van der Waals surface area contributed by atoms with Gasteiger partial charge in [-0.05, 0) is 62.2 Å². The lowest BCUT2D eigenvalue weighted by Gasteiger charge is -2.30. The Balaban J connectivity index is 1.73. The molecule has 9 nitrogen and oxygen atoms in total. The number of nitrogens with zero attached hydrogens (tertiary/aromatic N) is 2. The molecule has 0 bridgehead atoms. The van der Waals surface area contributed by atoms with E-state index in [0.717, 1.165) is 5.56 Å². The molecular formula is C28H35N3O6. The fourth-order valence-corrected chi connectivity index (χ4v) is 3.81. The molecule has 0 saturated carbocycles. The van der Waals surface area contributed by atoms with Gasteiger partial charge in [-0.25, -0.2) is 4.79 Å². The van der Waals surface area contributed by atoms with Crippen molar-refractivity contribution in [3.8, 4) is 17.2 Å². The molecule has 37 heavy (non-hydrogen) atoms. The zero-order valence-corrected chi connectivity index (χ0v) is 22.0. The third-order valence-corrected chi connectivity index (χ3v) is 5.91. The number of methoxy groups -OCH3 is 3. The molecule has 0 aliphatic heterocycles. The van der Waals surface area contributed by atoms with Crippen molar-refractivity contribution in [2.45, 2.75) is 32.9 Å². The standard InChI is InChI=1S/C28H35N3O6/c1-20(2)31(28(33)29-22-8-6-9-23(17-22)34-3)19-27(32)30(18-24-10-7-15-37-24)14-13-21-11-12-25(35-4)26(16-21)36-5/h6-12,15-17,20H,13-14,18-19H2,1-5H3,(H,29,33). The van der Waals surface area contributed by atoms with Crippen LogP contribution < -0.4 is 19.5 Å². The molecule has 0 spiro atoms. The van der Waals surface area contributed by atoms with E-state index in [4.69, 9.17) is 18.6 Å². The van der Waals surface area contributed by atoms with Gasteiger partial charge in [-0.15, -0.1) is 0 Å². The van der Waals surface area contributed by atoms with Gasteiger partial charge in [-0.2, -0.15) is 0 Å². The molecule has 9 heteroatoms. The van der Waals surface area contributed by atoms with Crippen LogP contribution in [0.5, 0.6) is 17.2 Å². The van der Waals surface area contributed by atoms with Crippen LogP contribution >= 0.6 is 0 Å². The van der Waals surface area contributed by atoms with Crippen molar-refractivity contribution in [1.29, 1.82) is 0 Å². The molecule has 2 aromatic carbocycles. The summed E-state index contributed by atoms with van der Waals surface area (Å²) in [5.74, 6) is 2.38. The van der Waals surface area contributed by atoms with E-state index in [1.165, 1.54) is 4.90 Å². The lowest BCUT2D eigenvalue weighted by molar-refractivity contribution is -0.133. The Hall–Kier alpha value is -4.14. The van der Waals surface area contributed by atoms with Crippen LogP contribution in [0.2, 0.25) is 0 Å². The highest BCUT2D eigenvalue weighted by molar-refractivity contribution is 5.92. The normalized spacial score (nSPS) is 10.6. The molecule has 3 rings (SSSR count). The van der Waals surface area contributed by atoms with E-state index in [0.29, 0.717) is 48.2 Å². The molecule has 0 saturated heterocycles. The van der Waals surface area contributed by atoms with Gasteiger partial charge in [0.15, 0.2) is 11.5 Å². The summed E-state index contributed by atoms with van der Waals surface area (Å²) in [5, 5.41) is 2.86. The van der Waals surface area contributed by atoms with Crippen molar-refractivity contribution in [2.24, 2.45) is 0 Å². The van der Waals surface area contributed by atoms with Gasteiger partial charge in [-0.1, -0.05) is 12.1 Å². The molecule has 0 atom stereocenters. The Labute approximate surface area is 217 Å². The second-order valence-corrected chi connectivity index (χ2v) is 8.72.